The summed E-state index contributed by atoms with van der Waals surface area (Å²) < 4.78 is 5.03. The second-order valence-corrected chi connectivity index (χ2v) is 5.05. The average Bonchev–Trinajstić information content (AvgIpc) is 2.94. The Morgan fingerprint density at radius 2 is 2.25 bits per heavy atom. The molecule has 0 spiro atoms. The number of aryl methyl sites for hydroxylation is 2. The largest absolute Gasteiger partial charge is 0.481 e. The van der Waals surface area contributed by atoms with Gasteiger partial charge >= 0.3 is 12.0 Å². The average molecular weight is 281 g/mol. The molecule has 1 aliphatic rings. The van der Waals surface area contributed by atoms with Crippen LogP contribution in [-0.4, -0.2) is 39.8 Å². The number of hydrogen-bond donors (Lipinski definition) is 2. The molecule has 0 aliphatic carbocycles. The Kier molecular flexibility index (Phi) is 4.26. The van der Waals surface area contributed by atoms with Crippen LogP contribution in [0.2, 0.25) is 0 Å². The fourth-order valence-corrected chi connectivity index (χ4v) is 2.54. The maximum Gasteiger partial charge on any atom is 0.317 e. The van der Waals surface area contributed by atoms with Crippen molar-refractivity contribution < 1.29 is 19.2 Å². The van der Waals surface area contributed by atoms with Crippen LogP contribution < -0.4 is 5.32 Å². The molecule has 0 saturated carbocycles. The number of carboxylic acids is 1. The van der Waals surface area contributed by atoms with Gasteiger partial charge in [-0.25, -0.2) is 4.79 Å². The van der Waals surface area contributed by atoms with Gasteiger partial charge in [-0.2, -0.15) is 0 Å². The molecule has 1 fully saturated rings. The minimum absolute atomic E-state index is 0.00125. The van der Waals surface area contributed by atoms with E-state index in [4.69, 9.17) is 9.63 Å². The first-order valence-electron chi connectivity index (χ1n) is 6.67. The summed E-state index contributed by atoms with van der Waals surface area (Å²) in [6.07, 6.45) is 1.58. The lowest BCUT2D eigenvalue weighted by Crippen LogP contribution is -2.43. The van der Waals surface area contributed by atoms with Crippen LogP contribution in [0.25, 0.3) is 0 Å². The lowest BCUT2D eigenvalue weighted by Gasteiger charge is -2.23. The van der Waals surface area contributed by atoms with Gasteiger partial charge in [0.25, 0.3) is 0 Å². The summed E-state index contributed by atoms with van der Waals surface area (Å²) in [5.74, 6) is -0.188. The highest BCUT2D eigenvalue weighted by Crippen LogP contribution is 2.20. The van der Waals surface area contributed by atoms with Crippen molar-refractivity contribution in [2.45, 2.75) is 45.7 Å². The van der Waals surface area contributed by atoms with E-state index in [-0.39, 0.29) is 18.5 Å². The van der Waals surface area contributed by atoms with Crippen LogP contribution in [0.3, 0.4) is 0 Å². The molecular weight excluding hydrogens is 262 g/mol. The van der Waals surface area contributed by atoms with Crippen LogP contribution in [0.1, 0.15) is 36.3 Å². The number of carbonyl (C=O) groups excluding carboxylic acids is 1. The molecule has 20 heavy (non-hydrogen) atoms. The molecule has 2 heterocycles. The molecule has 2 rings (SSSR count). The second-order valence-electron chi connectivity index (χ2n) is 5.05. The molecule has 1 aliphatic heterocycles. The van der Waals surface area contributed by atoms with Gasteiger partial charge in [0, 0.05) is 24.7 Å². The third kappa shape index (κ3) is 3.09. The molecule has 2 N–H and O–H groups in total. The molecule has 110 valence electrons. The van der Waals surface area contributed by atoms with Crippen molar-refractivity contribution in [2.75, 3.05) is 6.54 Å². The summed E-state index contributed by atoms with van der Waals surface area (Å²) in [6, 6.07) is -0.439. The van der Waals surface area contributed by atoms with Crippen molar-refractivity contribution in [1.82, 2.24) is 15.4 Å². The predicted octanol–water partition coefficient (Wildman–Crippen LogP) is 1.44. The van der Waals surface area contributed by atoms with Crippen LogP contribution >= 0.6 is 0 Å². The maximum atomic E-state index is 12.1. The number of aromatic nitrogens is 1. The fraction of sp³-hybridized carbons (Fsp3) is 0.615. The lowest BCUT2D eigenvalue weighted by molar-refractivity contribution is -0.137. The number of hydrogen-bond acceptors (Lipinski definition) is 4. The minimum Gasteiger partial charge on any atom is -0.481 e. The number of nitrogens with one attached hydrogen (secondary N) is 1. The molecule has 1 aromatic heterocycles. The molecule has 2 amide bonds. The van der Waals surface area contributed by atoms with E-state index >= 15 is 0 Å². The third-order valence-corrected chi connectivity index (χ3v) is 3.65. The number of rotatable bonds is 4. The van der Waals surface area contributed by atoms with Crippen LogP contribution in [0, 0.1) is 13.8 Å². The number of likely N-dealkylation sites (tertiary alicyclic amines) is 1. The van der Waals surface area contributed by atoms with Gasteiger partial charge < -0.3 is 19.8 Å². The first kappa shape index (κ1) is 14.4. The maximum absolute atomic E-state index is 12.1. The molecule has 7 nitrogen and oxygen atoms in total. The Balaban J connectivity index is 1.93. The van der Waals surface area contributed by atoms with Gasteiger partial charge in [-0.15, -0.1) is 0 Å². The summed E-state index contributed by atoms with van der Waals surface area (Å²) in [7, 11) is 0. The predicted molar refractivity (Wildman–Crippen MR) is 70.2 cm³/mol. The highest BCUT2D eigenvalue weighted by atomic mass is 16.5. The van der Waals surface area contributed by atoms with E-state index < -0.39 is 5.97 Å². The van der Waals surface area contributed by atoms with E-state index in [9.17, 15) is 9.59 Å². The zero-order chi connectivity index (χ0) is 14.7. The van der Waals surface area contributed by atoms with Gasteiger partial charge in [-0.3, -0.25) is 4.79 Å². The number of carbonyl (C=O) groups is 2. The van der Waals surface area contributed by atoms with Gasteiger partial charge in [0.2, 0.25) is 0 Å². The Bertz CT molecular complexity index is 492. The zero-order valence-electron chi connectivity index (χ0n) is 11.7. The SMILES string of the molecule is Cc1noc(C)c1CNC(=O)N1CCCC1CC(=O)O. The Hall–Kier alpha value is -2.05. The van der Waals surface area contributed by atoms with Gasteiger partial charge in [0.1, 0.15) is 5.76 Å². The van der Waals surface area contributed by atoms with Crippen LogP contribution in [0.4, 0.5) is 4.79 Å². The number of urea groups is 1. The molecular formula is C13H19N3O4. The van der Waals surface area contributed by atoms with E-state index in [1.54, 1.807) is 11.8 Å². The van der Waals surface area contributed by atoms with Crippen LogP contribution in [-0.2, 0) is 11.3 Å². The number of nitrogens with zero attached hydrogens (tertiary/aromatic N) is 2. The molecule has 1 unspecified atom stereocenters. The van der Waals surface area contributed by atoms with Gasteiger partial charge in [-0.1, -0.05) is 5.16 Å². The molecule has 1 saturated heterocycles. The van der Waals surface area contributed by atoms with Crippen molar-refractivity contribution in [3.63, 3.8) is 0 Å². The van der Waals surface area contributed by atoms with Crippen LogP contribution in [0.5, 0.6) is 0 Å². The monoisotopic (exact) mass is 281 g/mol. The molecule has 0 bridgehead atoms. The Labute approximate surface area is 116 Å². The van der Waals surface area contributed by atoms with E-state index in [0.29, 0.717) is 18.8 Å². The smallest absolute Gasteiger partial charge is 0.317 e. The summed E-state index contributed by atoms with van der Waals surface area (Å²) in [6.45, 7) is 4.56. The number of amides is 2. The van der Waals surface area contributed by atoms with Gasteiger partial charge in [0.05, 0.1) is 12.1 Å². The van der Waals surface area contributed by atoms with Crippen LogP contribution in [0.15, 0.2) is 4.52 Å². The second kappa shape index (κ2) is 5.94. The molecule has 1 aromatic rings. The summed E-state index contributed by atoms with van der Waals surface area (Å²) in [5, 5.41) is 15.5. The fourth-order valence-electron chi connectivity index (χ4n) is 2.54. The van der Waals surface area contributed by atoms with Gasteiger partial charge in [-0.05, 0) is 26.7 Å². The van der Waals surface area contributed by atoms with E-state index in [0.717, 1.165) is 24.1 Å². The standard InChI is InChI=1S/C13H19N3O4/c1-8-11(9(2)20-15-8)7-14-13(19)16-5-3-4-10(16)6-12(17)18/h10H,3-7H2,1-2H3,(H,14,19)(H,17,18). The van der Waals surface area contributed by atoms with Gasteiger partial charge in [0.15, 0.2) is 0 Å². The molecule has 0 radical (unpaired) electrons. The topological polar surface area (TPSA) is 95.7 Å². The first-order chi connectivity index (χ1) is 9.49. The molecule has 0 aromatic carbocycles. The van der Waals surface area contributed by atoms with Crippen molar-refractivity contribution in [3.8, 4) is 0 Å². The molecule has 1 atom stereocenters. The van der Waals surface area contributed by atoms with Crippen molar-refractivity contribution >= 4 is 12.0 Å². The highest BCUT2D eigenvalue weighted by Gasteiger charge is 2.30. The number of carboxylic acid groups (broad SMARTS) is 1. The highest BCUT2D eigenvalue weighted by molar-refractivity contribution is 5.76. The quantitative estimate of drug-likeness (QED) is 0.870. The minimum atomic E-state index is -0.875. The lowest BCUT2D eigenvalue weighted by atomic mass is 10.1. The Morgan fingerprint density at radius 3 is 2.85 bits per heavy atom. The van der Waals surface area contributed by atoms with E-state index in [1.807, 2.05) is 6.92 Å². The van der Waals surface area contributed by atoms with E-state index in [1.165, 1.54) is 0 Å². The van der Waals surface area contributed by atoms with Crippen molar-refractivity contribution in [2.24, 2.45) is 0 Å². The molecule has 7 heteroatoms. The number of aliphatic carboxylic acids is 1. The summed E-state index contributed by atoms with van der Waals surface area (Å²) >= 11 is 0. The normalized spacial score (nSPS) is 18.3. The zero-order valence-corrected chi connectivity index (χ0v) is 11.7. The van der Waals surface area contributed by atoms with E-state index in [2.05, 4.69) is 10.5 Å². The first-order valence-corrected chi connectivity index (χ1v) is 6.67. The third-order valence-electron chi connectivity index (χ3n) is 3.65. The van der Waals surface area contributed by atoms with Crippen molar-refractivity contribution in [1.29, 1.82) is 0 Å². The summed E-state index contributed by atoms with van der Waals surface area (Å²) in [5.41, 5.74) is 1.62. The van der Waals surface area contributed by atoms with Crippen molar-refractivity contribution in [3.05, 3.63) is 17.0 Å². The Morgan fingerprint density at radius 1 is 1.50 bits per heavy atom. The summed E-state index contributed by atoms with van der Waals surface area (Å²) in [4.78, 5) is 24.5.